The topological polar surface area (TPSA) is 135 Å². The first kappa shape index (κ1) is 31.7. The maximum atomic E-state index is 15.0. The van der Waals surface area contributed by atoms with Gasteiger partial charge in [-0.15, -0.1) is 0 Å². The van der Waals surface area contributed by atoms with Crippen molar-refractivity contribution in [3.8, 4) is 0 Å². The summed E-state index contributed by atoms with van der Waals surface area (Å²) in [6.07, 6.45) is 5.61. The molecule has 8 atom stereocenters. The lowest BCUT2D eigenvalue weighted by atomic mass is 9.39. The normalized spacial score (nSPS) is 37.5. The number of allylic oxidation sites excluding steroid dienone is 2. The number of rotatable bonds is 6. The highest BCUT2D eigenvalue weighted by molar-refractivity contribution is 6.01. The highest BCUT2D eigenvalue weighted by atomic mass is 16.6. The number of ketones is 1. The molecule has 0 radical (unpaired) electrons. The Morgan fingerprint density at radius 2 is 1.80 bits per heavy atom. The monoisotopic (exact) mass is 610 g/mol. The Balaban J connectivity index is 1.78. The van der Waals surface area contributed by atoms with Crippen LogP contribution in [0.2, 0.25) is 0 Å². The first-order valence-electron chi connectivity index (χ1n) is 15.2. The first-order chi connectivity index (χ1) is 20.6. The molecule has 0 unspecified atom stereocenters. The van der Waals surface area contributed by atoms with Gasteiger partial charge in [0.1, 0.15) is 6.10 Å². The van der Waals surface area contributed by atoms with Crippen molar-refractivity contribution in [1.82, 2.24) is 0 Å². The number of furan rings is 1. The lowest BCUT2D eigenvalue weighted by molar-refractivity contribution is -0.231. The number of ether oxygens (including phenoxy) is 4. The molecule has 1 saturated heterocycles. The summed E-state index contributed by atoms with van der Waals surface area (Å²) in [4.78, 5) is 67.3. The van der Waals surface area contributed by atoms with Gasteiger partial charge in [-0.2, -0.15) is 0 Å². The summed E-state index contributed by atoms with van der Waals surface area (Å²) in [6, 6.07) is 1.78. The molecule has 4 aliphatic rings. The quantitative estimate of drug-likeness (QED) is 0.183. The van der Waals surface area contributed by atoms with Crippen LogP contribution < -0.4 is 0 Å². The minimum atomic E-state index is -1.99. The van der Waals surface area contributed by atoms with E-state index in [1.807, 2.05) is 20.8 Å². The molecule has 1 aromatic rings. The minimum Gasteiger partial charge on any atom is -0.472 e. The van der Waals surface area contributed by atoms with Crippen LogP contribution in [0, 0.1) is 34.0 Å². The van der Waals surface area contributed by atoms with E-state index in [9.17, 15) is 19.2 Å². The van der Waals surface area contributed by atoms with E-state index in [2.05, 4.69) is 6.92 Å². The molecule has 0 spiro atoms. The third-order valence-electron chi connectivity index (χ3n) is 11.2. The number of carbonyl (C=O) groups is 5. The molecular weight excluding hydrogens is 568 g/mol. The second-order valence-electron chi connectivity index (χ2n) is 13.8. The molecule has 0 N–H and O–H groups in total. The zero-order valence-electron chi connectivity index (χ0n) is 26.7. The van der Waals surface area contributed by atoms with Crippen molar-refractivity contribution in [2.24, 2.45) is 34.0 Å². The van der Waals surface area contributed by atoms with Crippen molar-refractivity contribution < 1.29 is 47.3 Å². The number of esters is 4. The summed E-state index contributed by atoms with van der Waals surface area (Å²) >= 11 is 0. The van der Waals surface area contributed by atoms with Crippen molar-refractivity contribution in [3.63, 3.8) is 0 Å². The Hall–Kier alpha value is -3.69. The summed E-state index contributed by atoms with van der Waals surface area (Å²) in [7, 11) is 1.29. The molecule has 5 rings (SSSR count). The lowest BCUT2D eigenvalue weighted by Crippen LogP contribution is -2.75. The van der Waals surface area contributed by atoms with Gasteiger partial charge in [0.25, 0.3) is 0 Å². The predicted molar refractivity (Wildman–Crippen MR) is 155 cm³/mol. The van der Waals surface area contributed by atoms with Crippen molar-refractivity contribution in [2.45, 2.75) is 92.0 Å². The second-order valence-corrected chi connectivity index (χ2v) is 13.8. The fourth-order valence-corrected chi connectivity index (χ4v) is 8.93. The third-order valence-corrected chi connectivity index (χ3v) is 11.2. The van der Waals surface area contributed by atoms with E-state index >= 15 is 4.79 Å². The second kappa shape index (κ2) is 10.7. The van der Waals surface area contributed by atoms with Crippen molar-refractivity contribution in [2.75, 3.05) is 7.11 Å². The van der Waals surface area contributed by atoms with Crippen LogP contribution in [-0.2, 0) is 42.9 Å². The number of methoxy groups -OCH3 is 1. The van der Waals surface area contributed by atoms with E-state index in [4.69, 9.17) is 23.4 Å². The van der Waals surface area contributed by atoms with Gasteiger partial charge in [0.15, 0.2) is 11.9 Å². The number of carbonyl (C=O) groups excluding carboxylic acids is 5. The van der Waals surface area contributed by atoms with Gasteiger partial charge in [0.2, 0.25) is 5.60 Å². The molecule has 2 heterocycles. The largest absolute Gasteiger partial charge is 0.472 e. The summed E-state index contributed by atoms with van der Waals surface area (Å²) in [5.41, 5.74) is -3.01. The zero-order valence-corrected chi connectivity index (χ0v) is 26.7. The molecule has 0 amide bonds. The molecule has 238 valence electrons. The first-order valence-corrected chi connectivity index (χ1v) is 15.2. The summed E-state index contributed by atoms with van der Waals surface area (Å²) in [5.74, 6) is -4.15. The zero-order chi connectivity index (χ0) is 32.4. The number of hydrogen-bond donors (Lipinski definition) is 0. The smallest absolute Gasteiger partial charge is 0.333 e. The Kier molecular flexibility index (Phi) is 7.74. The van der Waals surface area contributed by atoms with Crippen molar-refractivity contribution in [1.29, 1.82) is 0 Å². The number of hydrogen-bond acceptors (Lipinski definition) is 10. The predicted octanol–water partition coefficient (Wildman–Crippen LogP) is 5.21. The molecule has 0 aromatic carbocycles. The fraction of sp³-hybridized carbons (Fsp3) is 0.618. The van der Waals surface area contributed by atoms with Gasteiger partial charge in [0.05, 0.1) is 26.1 Å². The Morgan fingerprint density at radius 3 is 2.39 bits per heavy atom. The van der Waals surface area contributed by atoms with Gasteiger partial charge in [-0.3, -0.25) is 19.2 Å². The van der Waals surface area contributed by atoms with Gasteiger partial charge < -0.3 is 23.4 Å². The SMILES string of the molecule is CC=C(C)C(=O)O[C@H]1C(C)(C)[C@H](CC(=O)OC)[C@]2(C)C(=O)[C@@]1(OC(C)=O)C=C1[C@@H]3CC(=O)O[C@@H](c4ccoc4)[C@]3(C)CC[C@@H]12. The number of cyclic esters (lactones) is 1. The average molecular weight is 611 g/mol. The van der Waals surface area contributed by atoms with E-state index < -0.39 is 75.6 Å². The van der Waals surface area contributed by atoms with Crippen LogP contribution in [-0.4, -0.2) is 48.5 Å². The standard InChI is InChI=1S/C34H42O10/c1-9-18(2)28(38)43-30-31(4,5)24(15-25(36)40-8)33(7)22-10-12-32(6)23(14-26(37)42-27(32)20-11-13-41-17-20)21(22)16-34(30,29(33)39)44-19(3)35/h9,11,13,16-17,22-24,27,30H,10,12,14-15H2,1-8H3/t22-,23-,24-,27-,30-,32+,33+,34-/m0/s1. The average Bonchev–Trinajstić information content (AvgIpc) is 3.50. The molecule has 2 saturated carbocycles. The minimum absolute atomic E-state index is 0.0564. The van der Waals surface area contributed by atoms with Crippen LogP contribution in [0.1, 0.15) is 85.8 Å². The summed E-state index contributed by atoms with van der Waals surface area (Å²) < 4.78 is 28.6. The van der Waals surface area contributed by atoms with Gasteiger partial charge in [-0.25, -0.2) is 4.79 Å². The highest BCUT2D eigenvalue weighted by Crippen LogP contribution is 2.69. The third kappa shape index (κ3) is 4.46. The number of fused-ring (bicyclic) bond motifs is 6. The van der Waals surface area contributed by atoms with Crippen LogP contribution in [0.15, 0.2) is 46.3 Å². The van der Waals surface area contributed by atoms with Gasteiger partial charge >= 0.3 is 23.9 Å². The van der Waals surface area contributed by atoms with E-state index in [-0.39, 0.29) is 18.8 Å². The highest BCUT2D eigenvalue weighted by Gasteiger charge is 2.75. The molecule has 44 heavy (non-hydrogen) atoms. The molecule has 10 heteroatoms. The van der Waals surface area contributed by atoms with E-state index in [1.165, 1.54) is 20.3 Å². The maximum Gasteiger partial charge on any atom is 0.333 e. The van der Waals surface area contributed by atoms with Crippen LogP contribution in [0.25, 0.3) is 0 Å². The van der Waals surface area contributed by atoms with Gasteiger partial charge in [-0.1, -0.05) is 39.3 Å². The fourth-order valence-electron chi connectivity index (χ4n) is 8.93. The van der Waals surface area contributed by atoms with Crippen LogP contribution in [0.4, 0.5) is 0 Å². The molecule has 10 nitrogen and oxygen atoms in total. The maximum absolute atomic E-state index is 15.0. The Morgan fingerprint density at radius 1 is 1.09 bits per heavy atom. The molecule has 3 aliphatic carbocycles. The molecule has 1 aromatic heterocycles. The van der Waals surface area contributed by atoms with Crippen molar-refractivity contribution >= 4 is 29.7 Å². The Bertz CT molecular complexity index is 1450. The van der Waals surface area contributed by atoms with Gasteiger partial charge in [-0.05, 0) is 56.6 Å². The van der Waals surface area contributed by atoms with E-state index in [0.717, 1.165) is 11.1 Å². The summed E-state index contributed by atoms with van der Waals surface area (Å²) in [5, 5.41) is 0. The number of Topliss-reactive ketones (excluding diaryl/α,β-unsaturated/α-hetero) is 1. The van der Waals surface area contributed by atoms with E-state index in [0.29, 0.717) is 18.4 Å². The summed E-state index contributed by atoms with van der Waals surface area (Å²) in [6.45, 7) is 12.1. The molecule has 3 fully saturated rings. The lowest BCUT2D eigenvalue weighted by Gasteiger charge is -2.66. The molecule has 2 bridgehead atoms. The molecular formula is C34H42O10. The van der Waals surface area contributed by atoms with E-state index in [1.54, 1.807) is 38.3 Å². The van der Waals surface area contributed by atoms with Crippen molar-refractivity contribution in [3.05, 3.63) is 47.5 Å². The van der Waals surface area contributed by atoms with Crippen LogP contribution in [0.5, 0.6) is 0 Å². The van der Waals surface area contributed by atoms with Crippen LogP contribution in [0.3, 0.4) is 0 Å². The Labute approximate surface area is 257 Å². The van der Waals surface area contributed by atoms with Crippen LogP contribution >= 0.6 is 0 Å². The molecule has 1 aliphatic heterocycles. The van der Waals surface area contributed by atoms with Gasteiger partial charge in [0, 0.05) is 40.7 Å².